The number of benzene rings is 2. The van der Waals surface area contributed by atoms with Crippen LogP contribution >= 0.6 is 27.3 Å². The largest absolute Gasteiger partial charge is 0.323 e. The summed E-state index contributed by atoms with van der Waals surface area (Å²) in [6, 6.07) is 15.4. The first-order valence-corrected chi connectivity index (χ1v) is 7.92. The van der Waals surface area contributed by atoms with Crippen LogP contribution in [0.25, 0.3) is 16.3 Å². The van der Waals surface area contributed by atoms with Crippen molar-refractivity contribution in [2.45, 2.75) is 0 Å². The number of anilines is 1. The van der Waals surface area contributed by atoms with Gasteiger partial charge < -0.3 is 5.32 Å². The van der Waals surface area contributed by atoms with Crippen LogP contribution in [0, 0.1) is 0 Å². The predicted molar refractivity (Wildman–Crippen MR) is 91.4 cm³/mol. The monoisotopic (exact) mass is 358 g/mol. The Labute approximate surface area is 134 Å². The van der Waals surface area contributed by atoms with Crippen LogP contribution in [-0.4, -0.2) is 10.9 Å². The third-order valence-electron chi connectivity index (χ3n) is 2.80. The molecule has 5 heteroatoms. The van der Waals surface area contributed by atoms with Crippen molar-refractivity contribution in [2.75, 3.05) is 5.32 Å². The molecule has 1 heterocycles. The zero-order valence-corrected chi connectivity index (χ0v) is 13.3. The molecule has 3 rings (SSSR count). The maximum atomic E-state index is 11.9. The first-order chi connectivity index (χ1) is 10.2. The number of thiazole rings is 1. The molecule has 0 atom stereocenters. The molecular formula is C16H11BrN2OS. The molecule has 21 heavy (non-hydrogen) atoms. The van der Waals surface area contributed by atoms with E-state index in [0.717, 1.165) is 25.4 Å². The van der Waals surface area contributed by atoms with Crippen LogP contribution in [0.15, 0.2) is 59.1 Å². The lowest BCUT2D eigenvalue weighted by Crippen LogP contribution is -2.07. The van der Waals surface area contributed by atoms with Gasteiger partial charge in [0.2, 0.25) is 5.91 Å². The van der Waals surface area contributed by atoms with Crippen LogP contribution in [0.1, 0.15) is 5.01 Å². The van der Waals surface area contributed by atoms with E-state index in [1.165, 1.54) is 6.08 Å². The molecule has 0 spiro atoms. The van der Waals surface area contributed by atoms with E-state index in [0.29, 0.717) is 0 Å². The molecule has 3 aromatic rings. The van der Waals surface area contributed by atoms with E-state index < -0.39 is 0 Å². The zero-order valence-electron chi connectivity index (χ0n) is 10.9. The number of carbonyl (C=O) groups excluding carboxylic acids is 1. The zero-order chi connectivity index (χ0) is 14.7. The number of hydrogen-bond acceptors (Lipinski definition) is 3. The summed E-state index contributed by atoms with van der Waals surface area (Å²) in [4.78, 5) is 16.3. The van der Waals surface area contributed by atoms with Gasteiger partial charge in [-0.05, 0) is 42.5 Å². The topological polar surface area (TPSA) is 42.0 Å². The Morgan fingerprint density at radius 3 is 2.67 bits per heavy atom. The molecule has 1 amide bonds. The van der Waals surface area contributed by atoms with Crippen molar-refractivity contribution in [2.24, 2.45) is 0 Å². The molecule has 0 saturated carbocycles. The number of fused-ring (bicyclic) bond motifs is 1. The van der Waals surface area contributed by atoms with Gasteiger partial charge in [0.15, 0.2) is 0 Å². The summed E-state index contributed by atoms with van der Waals surface area (Å²) in [5, 5.41) is 3.62. The summed E-state index contributed by atoms with van der Waals surface area (Å²) in [5.41, 5.74) is 1.72. The van der Waals surface area contributed by atoms with E-state index in [4.69, 9.17) is 0 Å². The molecule has 0 radical (unpaired) electrons. The lowest BCUT2D eigenvalue weighted by atomic mass is 10.3. The van der Waals surface area contributed by atoms with Crippen molar-refractivity contribution in [3.8, 4) is 0 Å². The lowest BCUT2D eigenvalue weighted by molar-refractivity contribution is -0.111. The van der Waals surface area contributed by atoms with Crippen molar-refractivity contribution >= 4 is 55.2 Å². The second-order valence-corrected chi connectivity index (χ2v) is 6.33. The van der Waals surface area contributed by atoms with E-state index in [1.807, 2.05) is 48.5 Å². The number of carbonyl (C=O) groups is 1. The Balaban J connectivity index is 1.70. The Kier molecular flexibility index (Phi) is 4.13. The minimum atomic E-state index is -0.170. The highest BCUT2D eigenvalue weighted by molar-refractivity contribution is 9.10. The summed E-state index contributed by atoms with van der Waals surface area (Å²) in [6.45, 7) is 0. The molecule has 0 aliphatic carbocycles. The second kappa shape index (κ2) is 6.20. The maximum absolute atomic E-state index is 11.9. The highest BCUT2D eigenvalue weighted by Gasteiger charge is 2.01. The molecule has 0 aliphatic heterocycles. The maximum Gasteiger partial charge on any atom is 0.248 e. The number of rotatable bonds is 3. The van der Waals surface area contributed by atoms with Gasteiger partial charge in [-0.3, -0.25) is 4.79 Å². The standard InChI is InChI=1S/C16H11BrN2OS/c17-11-5-7-12(8-6-11)18-15(20)9-10-16-19-13-3-1-2-4-14(13)21-16/h1-10H,(H,18,20)/b10-9+. The summed E-state index contributed by atoms with van der Waals surface area (Å²) in [7, 11) is 0. The van der Waals surface area contributed by atoms with Gasteiger partial charge in [-0.15, -0.1) is 11.3 Å². The quantitative estimate of drug-likeness (QED) is 0.688. The normalized spacial score (nSPS) is 11.1. The van der Waals surface area contributed by atoms with Crippen LogP contribution in [0.4, 0.5) is 5.69 Å². The van der Waals surface area contributed by atoms with Crippen LogP contribution in [0.3, 0.4) is 0 Å². The molecule has 0 saturated heterocycles. The first-order valence-electron chi connectivity index (χ1n) is 6.31. The Hall–Kier alpha value is -1.98. The number of aromatic nitrogens is 1. The van der Waals surface area contributed by atoms with Crippen LogP contribution in [0.2, 0.25) is 0 Å². The highest BCUT2D eigenvalue weighted by Crippen LogP contribution is 2.22. The Bertz CT molecular complexity index is 776. The van der Waals surface area contributed by atoms with Crippen molar-refractivity contribution in [1.82, 2.24) is 4.98 Å². The molecule has 0 unspecified atom stereocenters. The van der Waals surface area contributed by atoms with Gasteiger partial charge in [-0.2, -0.15) is 0 Å². The molecule has 1 N–H and O–H groups in total. The van der Waals surface area contributed by atoms with E-state index in [9.17, 15) is 4.79 Å². The Morgan fingerprint density at radius 2 is 1.90 bits per heavy atom. The van der Waals surface area contributed by atoms with Crippen molar-refractivity contribution in [3.05, 3.63) is 64.1 Å². The van der Waals surface area contributed by atoms with Gasteiger partial charge in [0.25, 0.3) is 0 Å². The SMILES string of the molecule is O=C(/C=C/c1nc2ccccc2s1)Nc1ccc(Br)cc1. The van der Waals surface area contributed by atoms with Crippen LogP contribution < -0.4 is 5.32 Å². The summed E-state index contributed by atoms with van der Waals surface area (Å²) < 4.78 is 2.09. The average Bonchev–Trinajstić information content (AvgIpc) is 2.90. The molecule has 2 aromatic carbocycles. The fraction of sp³-hybridized carbons (Fsp3) is 0. The minimum Gasteiger partial charge on any atom is -0.323 e. The van der Waals surface area contributed by atoms with Gasteiger partial charge >= 0.3 is 0 Å². The fourth-order valence-corrected chi connectivity index (χ4v) is 2.96. The van der Waals surface area contributed by atoms with E-state index >= 15 is 0 Å². The smallest absolute Gasteiger partial charge is 0.248 e. The van der Waals surface area contributed by atoms with Gasteiger partial charge in [0, 0.05) is 16.2 Å². The number of nitrogens with one attached hydrogen (secondary N) is 1. The minimum absolute atomic E-state index is 0.170. The molecule has 0 bridgehead atoms. The summed E-state index contributed by atoms with van der Waals surface area (Å²) >= 11 is 4.92. The molecule has 1 aromatic heterocycles. The van der Waals surface area contributed by atoms with Gasteiger partial charge in [0.05, 0.1) is 10.2 Å². The summed E-state index contributed by atoms with van der Waals surface area (Å²) in [6.07, 6.45) is 3.23. The number of para-hydroxylation sites is 1. The second-order valence-electron chi connectivity index (χ2n) is 4.35. The third-order valence-corrected chi connectivity index (χ3v) is 4.33. The molecule has 0 fully saturated rings. The summed E-state index contributed by atoms with van der Waals surface area (Å²) in [5.74, 6) is -0.170. The van der Waals surface area contributed by atoms with E-state index in [-0.39, 0.29) is 5.91 Å². The van der Waals surface area contributed by atoms with Crippen LogP contribution in [0.5, 0.6) is 0 Å². The van der Waals surface area contributed by atoms with E-state index in [2.05, 4.69) is 26.2 Å². The highest BCUT2D eigenvalue weighted by atomic mass is 79.9. The number of amides is 1. The fourth-order valence-electron chi connectivity index (χ4n) is 1.83. The average molecular weight is 359 g/mol. The lowest BCUT2D eigenvalue weighted by Gasteiger charge is -2.01. The molecular weight excluding hydrogens is 348 g/mol. The third kappa shape index (κ3) is 3.56. The van der Waals surface area contributed by atoms with Crippen molar-refractivity contribution in [1.29, 1.82) is 0 Å². The van der Waals surface area contributed by atoms with Gasteiger partial charge in [-0.25, -0.2) is 4.98 Å². The van der Waals surface area contributed by atoms with E-state index in [1.54, 1.807) is 17.4 Å². The van der Waals surface area contributed by atoms with Crippen molar-refractivity contribution in [3.63, 3.8) is 0 Å². The number of hydrogen-bond donors (Lipinski definition) is 1. The van der Waals surface area contributed by atoms with Crippen molar-refractivity contribution < 1.29 is 4.79 Å². The van der Waals surface area contributed by atoms with Gasteiger partial charge in [-0.1, -0.05) is 28.1 Å². The molecule has 104 valence electrons. The Morgan fingerprint density at radius 1 is 1.14 bits per heavy atom. The first kappa shape index (κ1) is 14.0. The number of halogens is 1. The molecule has 0 aliphatic rings. The van der Waals surface area contributed by atoms with Crippen LogP contribution in [-0.2, 0) is 4.79 Å². The number of nitrogens with zero attached hydrogens (tertiary/aromatic N) is 1. The molecule has 3 nitrogen and oxygen atoms in total. The predicted octanol–water partition coefficient (Wildman–Crippen LogP) is 4.71. The van der Waals surface area contributed by atoms with Gasteiger partial charge in [0.1, 0.15) is 5.01 Å².